The lowest BCUT2D eigenvalue weighted by atomic mass is 10.1. The summed E-state index contributed by atoms with van der Waals surface area (Å²) < 4.78 is 45.5. The number of alkyl halides is 3. The summed E-state index contributed by atoms with van der Waals surface area (Å²) in [7, 11) is 0. The van der Waals surface area contributed by atoms with Crippen molar-refractivity contribution in [3.8, 4) is 0 Å². The molecule has 5 nitrogen and oxygen atoms in total. The van der Waals surface area contributed by atoms with Crippen molar-refractivity contribution in [3.05, 3.63) is 59.5 Å². The maximum atomic E-state index is 12.6. The van der Waals surface area contributed by atoms with Gasteiger partial charge in [0.2, 0.25) is 0 Å². The lowest BCUT2D eigenvalue weighted by Gasteiger charge is -2.26. The minimum absolute atomic E-state index is 0.0353. The summed E-state index contributed by atoms with van der Waals surface area (Å²) in [5, 5.41) is 3.29. The molecule has 8 heteroatoms. The van der Waals surface area contributed by atoms with Gasteiger partial charge in [-0.1, -0.05) is 12.1 Å². The van der Waals surface area contributed by atoms with E-state index < -0.39 is 11.7 Å². The molecule has 0 saturated heterocycles. The first-order valence-electron chi connectivity index (χ1n) is 8.29. The Morgan fingerprint density at radius 2 is 2.00 bits per heavy atom. The van der Waals surface area contributed by atoms with Gasteiger partial charge in [0.1, 0.15) is 17.9 Å². The van der Waals surface area contributed by atoms with Crippen LogP contribution in [0.15, 0.2) is 42.6 Å². The molecule has 0 saturated carbocycles. The lowest BCUT2D eigenvalue weighted by molar-refractivity contribution is -0.137. The van der Waals surface area contributed by atoms with Crippen molar-refractivity contribution < 1.29 is 17.9 Å². The van der Waals surface area contributed by atoms with Gasteiger partial charge < -0.3 is 14.6 Å². The van der Waals surface area contributed by atoms with E-state index in [1.807, 2.05) is 12.1 Å². The van der Waals surface area contributed by atoms with Crippen molar-refractivity contribution in [2.45, 2.75) is 25.4 Å². The lowest BCUT2D eigenvalue weighted by Crippen LogP contribution is -2.32. The summed E-state index contributed by atoms with van der Waals surface area (Å²) in [6.45, 7) is 2.07. The zero-order valence-corrected chi connectivity index (χ0v) is 13.8. The standard InChI is InChI=1S/C18H17F3N4O/c19-18(20,21)13-5-3-12(4-6-13)8-22-9-14-10-26-11-16-24-15-2-1-7-23-17(15)25(14)16/h1-7,14,22H,8-11H2. The molecule has 1 unspecified atom stereocenters. The Balaban J connectivity index is 1.43. The van der Waals surface area contributed by atoms with Gasteiger partial charge >= 0.3 is 6.18 Å². The van der Waals surface area contributed by atoms with Gasteiger partial charge in [-0.25, -0.2) is 9.97 Å². The van der Waals surface area contributed by atoms with E-state index in [0.717, 1.165) is 34.7 Å². The van der Waals surface area contributed by atoms with Crippen LogP contribution in [0.3, 0.4) is 0 Å². The monoisotopic (exact) mass is 362 g/mol. The van der Waals surface area contributed by atoms with Crippen molar-refractivity contribution in [3.63, 3.8) is 0 Å². The van der Waals surface area contributed by atoms with Crippen LogP contribution in [0.1, 0.15) is 23.0 Å². The number of hydrogen-bond donors (Lipinski definition) is 1. The quantitative estimate of drug-likeness (QED) is 0.774. The molecule has 0 bridgehead atoms. The van der Waals surface area contributed by atoms with Gasteiger partial charge in [0.25, 0.3) is 0 Å². The van der Waals surface area contributed by atoms with Gasteiger partial charge in [-0.2, -0.15) is 13.2 Å². The van der Waals surface area contributed by atoms with Crippen LogP contribution in [0, 0.1) is 0 Å². The molecule has 1 atom stereocenters. The minimum Gasteiger partial charge on any atom is -0.371 e. The van der Waals surface area contributed by atoms with E-state index in [1.54, 1.807) is 6.20 Å². The predicted octanol–water partition coefficient (Wildman–Crippen LogP) is 3.31. The SMILES string of the molecule is FC(F)(F)c1ccc(CNCC2COCc3nc4cccnc4n32)cc1. The Bertz CT molecular complexity index is 905. The van der Waals surface area contributed by atoms with E-state index in [9.17, 15) is 13.2 Å². The van der Waals surface area contributed by atoms with Crippen molar-refractivity contribution in [2.75, 3.05) is 13.2 Å². The third-order valence-corrected chi connectivity index (χ3v) is 4.42. The highest BCUT2D eigenvalue weighted by atomic mass is 19.4. The van der Waals surface area contributed by atoms with Gasteiger partial charge in [-0.3, -0.25) is 0 Å². The molecule has 136 valence electrons. The summed E-state index contributed by atoms with van der Waals surface area (Å²) in [5.41, 5.74) is 1.82. The average Bonchev–Trinajstić information content (AvgIpc) is 3.01. The minimum atomic E-state index is -4.31. The van der Waals surface area contributed by atoms with Crippen molar-refractivity contribution in [2.24, 2.45) is 0 Å². The molecule has 0 spiro atoms. The number of nitrogens with zero attached hydrogens (tertiary/aromatic N) is 3. The van der Waals surface area contributed by atoms with E-state index in [4.69, 9.17) is 4.74 Å². The van der Waals surface area contributed by atoms with Gasteiger partial charge in [0, 0.05) is 19.3 Å². The zero-order valence-electron chi connectivity index (χ0n) is 13.8. The second-order valence-corrected chi connectivity index (χ2v) is 6.24. The molecule has 3 aromatic rings. The molecule has 0 fully saturated rings. The first-order valence-corrected chi connectivity index (χ1v) is 8.29. The number of aromatic nitrogens is 3. The number of benzene rings is 1. The fourth-order valence-electron chi connectivity index (χ4n) is 3.17. The van der Waals surface area contributed by atoms with E-state index in [1.165, 1.54) is 12.1 Å². The maximum Gasteiger partial charge on any atom is 0.416 e. The molecule has 2 aromatic heterocycles. The van der Waals surface area contributed by atoms with Crippen LogP contribution < -0.4 is 5.32 Å². The van der Waals surface area contributed by atoms with Crippen molar-refractivity contribution in [1.29, 1.82) is 0 Å². The van der Waals surface area contributed by atoms with Gasteiger partial charge in [0.15, 0.2) is 5.65 Å². The van der Waals surface area contributed by atoms with Gasteiger partial charge in [0.05, 0.1) is 18.2 Å². The fraction of sp³-hybridized carbons (Fsp3) is 0.333. The highest BCUT2D eigenvalue weighted by Gasteiger charge is 2.30. The second kappa shape index (κ2) is 6.69. The molecule has 0 aliphatic carbocycles. The Labute approximate surface area is 147 Å². The van der Waals surface area contributed by atoms with Gasteiger partial charge in [-0.15, -0.1) is 0 Å². The highest BCUT2D eigenvalue weighted by molar-refractivity contribution is 5.71. The number of ether oxygens (including phenoxy) is 1. The Hall–Kier alpha value is -2.45. The van der Waals surface area contributed by atoms with Gasteiger partial charge in [-0.05, 0) is 29.8 Å². The number of nitrogens with one attached hydrogen (secondary N) is 1. The van der Waals surface area contributed by atoms with E-state index >= 15 is 0 Å². The molecule has 1 aliphatic heterocycles. The Morgan fingerprint density at radius 3 is 2.77 bits per heavy atom. The average molecular weight is 362 g/mol. The molecule has 0 amide bonds. The molecule has 3 heterocycles. The Kier molecular flexibility index (Phi) is 4.37. The molecule has 1 aromatic carbocycles. The number of rotatable bonds is 4. The molecule has 1 aliphatic rings. The first kappa shape index (κ1) is 17.0. The van der Waals surface area contributed by atoms with Crippen LogP contribution in [0.4, 0.5) is 13.2 Å². The van der Waals surface area contributed by atoms with Crippen LogP contribution in [0.5, 0.6) is 0 Å². The normalized spacial score (nSPS) is 17.4. The molecular formula is C18H17F3N4O. The molecule has 0 radical (unpaired) electrons. The van der Waals surface area contributed by atoms with Crippen LogP contribution in [0.25, 0.3) is 11.2 Å². The second-order valence-electron chi connectivity index (χ2n) is 6.24. The van der Waals surface area contributed by atoms with Crippen LogP contribution in [0.2, 0.25) is 0 Å². The molecule has 1 N–H and O–H groups in total. The topological polar surface area (TPSA) is 52.0 Å². The summed E-state index contributed by atoms with van der Waals surface area (Å²) in [6.07, 6.45) is -2.57. The third kappa shape index (κ3) is 3.30. The summed E-state index contributed by atoms with van der Waals surface area (Å²) in [6, 6.07) is 8.99. The fourth-order valence-corrected chi connectivity index (χ4v) is 3.17. The number of hydrogen-bond acceptors (Lipinski definition) is 4. The summed E-state index contributed by atoms with van der Waals surface area (Å²) in [5.74, 6) is 0.839. The maximum absolute atomic E-state index is 12.6. The van der Waals surface area contributed by atoms with Crippen molar-refractivity contribution in [1.82, 2.24) is 19.9 Å². The summed E-state index contributed by atoms with van der Waals surface area (Å²) >= 11 is 0. The number of pyridine rings is 1. The summed E-state index contributed by atoms with van der Waals surface area (Å²) in [4.78, 5) is 8.96. The third-order valence-electron chi connectivity index (χ3n) is 4.42. The number of imidazole rings is 1. The predicted molar refractivity (Wildman–Crippen MR) is 89.4 cm³/mol. The van der Waals surface area contributed by atoms with E-state index in [0.29, 0.717) is 26.3 Å². The van der Waals surface area contributed by atoms with Crippen LogP contribution >= 0.6 is 0 Å². The number of halogens is 3. The molecule has 4 rings (SSSR count). The van der Waals surface area contributed by atoms with Crippen LogP contribution in [-0.4, -0.2) is 27.7 Å². The first-order chi connectivity index (χ1) is 12.5. The Morgan fingerprint density at radius 1 is 1.19 bits per heavy atom. The van der Waals surface area contributed by atoms with Crippen molar-refractivity contribution >= 4 is 11.2 Å². The zero-order chi connectivity index (χ0) is 18.1. The molecular weight excluding hydrogens is 345 g/mol. The smallest absolute Gasteiger partial charge is 0.371 e. The van der Waals surface area contributed by atoms with E-state index in [-0.39, 0.29) is 6.04 Å². The highest BCUT2D eigenvalue weighted by Crippen LogP contribution is 2.29. The van der Waals surface area contributed by atoms with Crippen LogP contribution in [-0.2, 0) is 24.1 Å². The van der Waals surface area contributed by atoms with E-state index in [2.05, 4.69) is 19.9 Å². The molecule has 26 heavy (non-hydrogen) atoms. The number of fused-ring (bicyclic) bond motifs is 3. The largest absolute Gasteiger partial charge is 0.416 e.